The van der Waals surface area contributed by atoms with E-state index in [2.05, 4.69) is 29.4 Å². The molecule has 1 aliphatic rings. The van der Waals surface area contributed by atoms with Crippen LogP contribution in [-0.2, 0) is 0 Å². The van der Waals surface area contributed by atoms with E-state index < -0.39 is 0 Å². The molecule has 2 aromatic rings. The molecule has 1 saturated carbocycles. The first-order valence-corrected chi connectivity index (χ1v) is 7.05. The fourth-order valence-corrected chi connectivity index (χ4v) is 2.97. The van der Waals surface area contributed by atoms with Gasteiger partial charge in [-0.3, -0.25) is 9.20 Å². The summed E-state index contributed by atoms with van der Waals surface area (Å²) in [5, 5.41) is 11.4. The summed E-state index contributed by atoms with van der Waals surface area (Å²) in [5.41, 5.74) is 0.946. The Kier molecular flexibility index (Phi) is 2.62. The van der Waals surface area contributed by atoms with Gasteiger partial charge in [-0.25, -0.2) is 0 Å². The number of nitrogens with one attached hydrogen (secondary N) is 1. The Hall–Kier alpha value is -1.43. The van der Waals surface area contributed by atoms with Crippen molar-refractivity contribution in [1.82, 2.24) is 19.9 Å². The Labute approximate surface area is 109 Å². The third-order valence-corrected chi connectivity index (χ3v) is 4.28. The van der Waals surface area contributed by atoms with Crippen LogP contribution in [0.2, 0.25) is 0 Å². The lowest BCUT2D eigenvalue weighted by Crippen LogP contribution is -2.25. The molecule has 1 fully saturated rings. The predicted molar refractivity (Wildman–Crippen MR) is 70.2 cm³/mol. The van der Waals surface area contributed by atoms with Crippen LogP contribution >= 0.6 is 11.3 Å². The fraction of sp³-hybridized carbons (Fsp3) is 0.583. The van der Waals surface area contributed by atoms with Crippen molar-refractivity contribution in [2.75, 3.05) is 0 Å². The van der Waals surface area contributed by atoms with Gasteiger partial charge in [0.25, 0.3) is 5.91 Å². The second-order valence-corrected chi connectivity index (χ2v) is 6.07. The molecule has 0 aliphatic heterocycles. The number of carbonyl (C=O) groups is 1. The van der Waals surface area contributed by atoms with E-state index >= 15 is 0 Å². The van der Waals surface area contributed by atoms with Crippen molar-refractivity contribution >= 4 is 22.2 Å². The van der Waals surface area contributed by atoms with E-state index in [1.54, 1.807) is 0 Å². The second-order valence-electron chi connectivity index (χ2n) is 5.10. The zero-order chi connectivity index (χ0) is 12.9. The van der Waals surface area contributed by atoms with E-state index in [4.69, 9.17) is 0 Å². The molecule has 2 heterocycles. The number of hydrogen-bond donors (Lipinski definition) is 1. The molecule has 1 aliphatic carbocycles. The average Bonchev–Trinajstić information content (AvgIpc) is 2.91. The van der Waals surface area contributed by atoms with Gasteiger partial charge in [0.1, 0.15) is 10.7 Å². The Morgan fingerprint density at radius 3 is 2.78 bits per heavy atom. The summed E-state index contributed by atoms with van der Waals surface area (Å²) in [7, 11) is 0. The molecule has 96 valence electrons. The minimum absolute atomic E-state index is 0.0280. The normalized spacial score (nSPS) is 15.6. The molecule has 2 aromatic heterocycles. The van der Waals surface area contributed by atoms with Crippen LogP contribution in [-0.4, -0.2) is 26.5 Å². The van der Waals surface area contributed by atoms with E-state index in [-0.39, 0.29) is 5.91 Å². The monoisotopic (exact) mass is 264 g/mol. The lowest BCUT2D eigenvalue weighted by molar-refractivity contribution is 0.0954. The molecule has 0 radical (unpaired) electrons. The molecule has 0 saturated heterocycles. The van der Waals surface area contributed by atoms with Gasteiger partial charge in [-0.05, 0) is 19.8 Å². The number of amides is 1. The largest absolute Gasteiger partial charge is 0.349 e. The summed E-state index contributed by atoms with van der Waals surface area (Å²) >= 11 is 1.42. The van der Waals surface area contributed by atoms with Crippen molar-refractivity contribution in [1.29, 1.82) is 0 Å². The molecule has 6 heteroatoms. The van der Waals surface area contributed by atoms with Crippen molar-refractivity contribution in [3.8, 4) is 0 Å². The molecule has 0 spiro atoms. The molecule has 1 amide bonds. The van der Waals surface area contributed by atoms with Gasteiger partial charge >= 0.3 is 0 Å². The first-order valence-electron chi connectivity index (χ1n) is 6.23. The van der Waals surface area contributed by atoms with Crippen LogP contribution < -0.4 is 5.32 Å². The van der Waals surface area contributed by atoms with Crippen LogP contribution in [0.3, 0.4) is 0 Å². The number of aryl methyl sites for hydroxylation is 1. The highest BCUT2D eigenvalue weighted by Gasteiger charge is 2.27. The summed E-state index contributed by atoms with van der Waals surface area (Å²) < 4.78 is 2.00. The third kappa shape index (κ3) is 1.80. The molecule has 0 unspecified atom stereocenters. The zero-order valence-electron chi connectivity index (χ0n) is 10.7. The standard InChI is InChI=1S/C12H16N4OS/c1-6(2)10-14-15-12-16(10)7(3)9(18-12)11(17)13-8-4-5-8/h6,8H,4-5H2,1-3H3,(H,13,17). The average molecular weight is 264 g/mol. The van der Waals surface area contributed by atoms with Crippen molar-refractivity contribution < 1.29 is 4.79 Å². The van der Waals surface area contributed by atoms with Crippen molar-refractivity contribution in [2.45, 2.75) is 45.6 Å². The van der Waals surface area contributed by atoms with Gasteiger partial charge in [0, 0.05) is 17.7 Å². The van der Waals surface area contributed by atoms with Gasteiger partial charge in [-0.15, -0.1) is 10.2 Å². The maximum Gasteiger partial charge on any atom is 0.263 e. The maximum atomic E-state index is 12.1. The fourth-order valence-electron chi connectivity index (χ4n) is 1.99. The van der Waals surface area contributed by atoms with Crippen LogP contribution in [0, 0.1) is 6.92 Å². The van der Waals surface area contributed by atoms with Gasteiger partial charge in [0.05, 0.1) is 0 Å². The molecule has 5 nitrogen and oxygen atoms in total. The third-order valence-electron chi connectivity index (χ3n) is 3.15. The number of aromatic nitrogens is 3. The van der Waals surface area contributed by atoms with Crippen LogP contribution in [0.1, 0.15) is 53.8 Å². The zero-order valence-corrected chi connectivity index (χ0v) is 11.5. The number of hydrogen-bond acceptors (Lipinski definition) is 4. The van der Waals surface area contributed by atoms with Crippen molar-refractivity contribution in [3.05, 3.63) is 16.4 Å². The van der Waals surface area contributed by atoms with Crippen LogP contribution in [0.4, 0.5) is 0 Å². The van der Waals surface area contributed by atoms with Gasteiger partial charge in [-0.2, -0.15) is 0 Å². The van der Waals surface area contributed by atoms with E-state index in [1.807, 2.05) is 11.3 Å². The maximum absolute atomic E-state index is 12.1. The summed E-state index contributed by atoms with van der Waals surface area (Å²) in [4.78, 5) is 13.7. The summed E-state index contributed by atoms with van der Waals surface area (Å²) in [6, 6.07) is 0.383. The summed E-state index contributed by atoms with van der Waals surface area (Å²) in [6.07, 6.45) is 2.21. The Morgan fingerprint density at radius 2 is 2.17 bits per heavy atom. The lowest BCUT2D eigenvalue weighted by Gasteiger charge is -2.04. The van der Waals surface area contributed by atoms with Gasteiger partial charge in [-0.1, -0.05) is 25.2 Å². The van der Waals surface area contributed by atoms with Crippen LogP contribution in [0.15, 0.2) is 0 Å². The van der Waals surface area contributed by atoms with E-state index in [0.29, 0.717) is 12.0 Å². The van der Waals surface area contributed by atoms with Gasteiger partial charge in [0.2, 0.25) is 4.96 Å². The SMILES string of the molecule is Cc1c(C(=O)NC2CC2)sc2nnc(C(C)C)n12. The first kappa shape index (κ1) is 11.6. The topological polar surface area (TPSA) is 59.3 Å². The Balaban J connectivity index is 2.02. The minimum atomic E-state index is 0.0280. The predicted octanol–water partition coefficient (Wildman–Crippen LogP) is 2.11. The van der Waals surface area contributed by atoms with Crippen molar-refractivity contribution in [2.24, 2.45) is 0 Å². The summed E-state index contributed by atoms with van der Waals surface area (Å²) in [5.74, 6) is 1.25. The molecule has 3 rings (SSSR count). The molecule has 1 N–H and O–H groups in total. The summed E-state index contributed by atoms with van der Waals surface area (Å²) in [6.45, 7) is 6.12. The van der Waals surface area contributed by atoms with Crippen LogP contribution in [0.5, 0.6) is 0 Å². The number of thiazole rings is 1. The smallest absolute Gasteiger partial charge is 0.263 e. The molecule has 0 atom stereocenters. The number of nitrogens with zero attached hydrogens (tertiary/aromatic N) is 3. The number of rotatable bonds is 3. The van der Waals surface area contributed by atoms with Crippen molar-refractivity contribution in [3.63, 3.8) is 0 Å². The quantitative estimate of drug-likeness (QED) is 0.923. The highest BCUT2D eigenvalue weighted by Crippen LogP contribution is 2.27. The molecular formula is C12H16N4OS. The minimum Gasteiger partial charge on any atom is -0.349 e. The number of fused-ring (bicyclic) bond motifs is 1. The van der Waals surface area contributed by atoms with E-state index in [9.17, 15) is 4.79 Å². The Bertz CT molecular complexity index is 609. The highest BCUT2D eigenvalue weighted by atomic mass is 32.1. The molecular weight excluding hydrogens is 248 g/mol. The highest BCUT2D eigenvalue weighted by molar-refractivity contribution is 7.19. The molecule has 18 heavy (non-hydrogen) atoms. The van der Waals surface area contributed by atoms with E-state index in [1.165, 1.54) is 11.3 Å². The van der Waals surface area contributed by atoms with Gasteiger partial charge in [0.15, 0.2) is 0 Å². The molecule has 0 bridgehead atoms. The first-order chi connectivity index (χ1) is 8.58. The van der Waals surface area contributed by atoms with Crippen LogP contribution in [0.25, 0.3) is 4.96 Å². The van der Waals surface area contributed by atoms with Gasteiger partial charge < -0.3 is 5.32 Å². The Morgan fingerprint density at radius 1 is 1.44 bits per heavy atom. The van der Waals surface area contributed by atoms with E-state index in [0.717, 1.165) is 34.2 Å². The molecule has 0 aromatic carbocycles. The lowest BCUT2D eigenvalue weighted by atomic mass is 10.2. The second kappa shape index (κ2) is 4.05. The number of carbonyl (C=O) groups excluding carboxylic acids is 1.